The van der Waals surface area contributed by atoms with Gasteiger partial charge in [-0.05, 0) is 29.2 Å². The molecule has 8 atom stereocenters. The zero-order valence-corrected chi connectivity index (χ0v) is 22.8. The van der Waals surface area contributed by atoms with Gasteiger partial charge in [0, 0.05) is 54.2 Å². The van der Waals surface area contributed by atoms with Crippen LogP contribution in [0.2, 0.25) is 0 Å². The van der Waals surface area contributed by atoms with Gasteiger partial charge in [-0.1, -0.05) is 13.8 Å². The molecule has 5 heterocycles. The number of carbonyl (C=O) groups is 4. The maximum atomic E-state index is 13.2. The summed E-state index contributed by atoms with van der Waals surface area (Å²) in [4.78, 5) is 55.0. The molecule has 0 radical (unpaired) electrons. The van der Waals surface area contributed by atoms with E-state index in [1.165, 1.54) is 27.7 Å². The van der Waals surface area contributed by atoms with Gasteiger partial charge in [0.15, 0.2) is 5.78 Å². The van der Waals surface area contributed by atoms with E-state index >= 15 is 0 Å². The first kappa shape index (κ1) is 27.7. The van der Waals surface area contributed by atoms with E-state index in [0.717, 1.165) is 0 Å². The Morgan fingerprint density at radius 3 is 2.74 bits per heavy atom. The number of tetrazole rings is 1. The fourth-order valence-corrected chi connectivity index (χ4v) is 8.04. The van der Waals surface area contributed by atoms with Crippen LogP contribution in [0.25, 0.3) is 0 Å². The highest BCUT2D eigenvalue weighted by atomic mass is 32.2. The zero-order valence-electron chi connectivity index (χ0n) is 22.0. The Morgan fingerprint density at radius 1 is 1.31 bits per heavy atom. The maximum Gasteiger partial charge on any atom is 0.353 e. The summed E-state index contributed by atoms with van der Waals surface area (Å²) >= 11 is 1.44. The number of nitrogens with two attached hydrogens (primary N) is 2. The fraction of sp³-hybridized carbons (Fsp3) is 0.708. The number of rotatable bonds is 10. The molecule has 1 aromatic heterocycles. The molecule has 1 aromatic rings. The van der Waals surface area contributed by atoms with Gasteiger partial charge in [-0.25, -0.2) is 9.48 Å². The van der Waals surface area contributed by atoms with Crippen LogP contribution in [0.5, 0.6) is 0 Å². The molecule has 3 saturated heterocycles. The molecule has 14 nitrogen and oxygen atoms in total. The van der Waals surface area contributed by atoms with E-state index in [9.17, 15) is 24.3 Å². The molecule has 6 N–H and O–H groups in total. The lowest BCUT2D eigenvalue weighted by Gasteiger charge is -2.47. The second kappa shape index (κ2) is 10.9. The van der Waals surface area contributed by atoms with Gasteiger partial charge >= 0.3 is 5.97 Å². The Labute approximate surface area is 229 Å². The van der Waals surface area contributed by atoms with E-state index in [1.54, 1.807) is 4.90 Å². The normalized spacial score (nSPS) is 32.9. The molecule has 0 spiro atoms. The molecule has 4 aliphatic rings. The van der Waals surface area contributed by atoms with Crippen molar-refractivity contribution >= 4 is 35.3 Å². The number of Topliss-reactive ketones (excluding diaryl/α,β-unsaturated/α-hetero) is 1. The second-order valence-electron chi connectivity index (χ2n) is 11.1. The predicted octanol–water partition coefficient (Wildman–Crippen LogP) is -1.61. The summed E-state index contributed by atoms with van der Waals surface area (Å²) in [5.41, 5.74) is 11.9. The van der Waals surface area contributed by atoms with Crippen molar-refractivity contribution < 1.29 is 24.3 Å². The summed E-state index contributed by atoms with van der Waals surface area (Å²) in [6, 6.07) is -0.843. The number of aliphatic carboxylic acids is 1. The fourth-order valence-electron chi connectivity index (χ4n) is 6.56. The van der Waals surface area contributed by atoms with Crippen LogP contribution in [0.1, 0.15) is 33.1 Å². The first-order chi connectivity index (χ1) is 18.6. The van der Waals surface area contributed by atoms with E-state index in [-0.39, 0.29) is 77.5 Å². The topological polar surface area (TPSA) is 203 Å². The highest BCUT2D eigenvalue weighted by Gasteiger charge is 2.60. The number of carbonyl (C=O) groups excluding carboxylic acids is 3. The zero-order chi connectivity index (χ0) is 28.0. The minimum Gasteiger partial charge on any atom is -0.477 e. The monoisotopic (exact) mass is 561 g/mol. The standard InChI is InChI=1S/C24H35N9O5S/c1-11(3-15(34)9-31-10-28-29-30-31)18-19-12(2)21(20(24(37)38)33(19)23(18)36)39-16-5-17(27-7-16)22(35)32-8-13(26)4-14(32)6-25/h10-14,16-19,27H,3-9,25-26H2,1-2H3,(H,37,38)/t11-,12+,13+,14+,16-,17-,18+,19+/m0/s1. The first-order valence-electron chi connectivity index (χ1n) is 13.3. The number of carboxylic acids is 1. The van der Waals surface area contributed by atoms with Crippen LogP contribution < -0.4 is 16.8 Å². The smallest absolute Gasteiger partial charge is 0.353 e. The molecule has 2 amide bonds. The number of hydrogen-bond donors (Lipinski definition) is 4. The number of aromatic nitrogens is 4. The number of β-lactam (4-membered cyclic amide) rings is 1. The minimum atomic E-state index is -1.14. The third-order valence-electron chi connectivity index (χ3n) is 8.37. The average Bonchev–Trinajstić information content (AvgIpc) is 3.67. The molecule has 0 bridgehead atoms. The molecule has 39 heavy (non-hydrogen) atoms. The van der Waals surface area contributed by atoms with E-state index < -0.39 is 11.9 Å². The molecule has 212 valence electrons. The van der Waals surface area contributed by atoms with Gasteiger partial charge in [-0.2, -0.15) is 0 Å². The van der Waals surface area contributed by atoms with Crippen LogP contribution >= 0.6 is 11.8 Å². The number of nitrogens with zero attached hydrogens (tertiary/aromatic N) is 6. The van der Waals surface area contributed by atoms with Crippen molar-refractivity contribution in [3.63, 3.8) is 0 Å². The summed E-state index contributed by atoms with van der Waals surface area (Å²) < 4.78 is 1.34. The number of amides is 2. The molecule has 0 aliphatic carbocycles. The van der Waals surface area contributed by atoms with Crippen LogP contribution in [0.3, 0.4) is 0 Å². The number of likely N-dealkylation sites (tertiary alicyclic amines) is 1. The molecule has 0 unspecified atom stereocenters. The Morgan fingerprint density at radius 2 is 2.08 bits per heavy atom. The number of nitrogens with one attached hydrogen (secondary N) is 1. The molecule has 15 heteroatoms. The average molecular weight is 562 g/mol. The third-order valence-corrected chi connectivity index (χ3v) is 9.88. The van der Waals surface area contributed by atoms with Crippen molar-refractivity contribution in [2.75, 3.05) is 19.6 Å². The molecule has 0 saturated carbocycles. The van der Waals surface area contributed by atoms with E-state index in [2.05, 4.69) is 20.8 Å². The summed E-state index contributed by atoms with van der Waals surface area (Å²) in [7, 11) is 0. The van der Waals surface area contributed by atoms with Crippen LogP contribution in [-0.2, 0) is 25.7 Å². The number of ketones is 1. The van der Waals surface area contributed by atoms with Crippen molar-refractivity contribution in [3.8, 4) is 0 Å². The van der Waals surface area contributed by atoms with Gasteiger partial charge in [0.1, 0.15) is 18.6 Å². The van der Waals surface area contributed by atoms with Crippen molar-refractivity contribution in [2.24, 2.45) is 29.2 Å². The van der Waals surface area contributed by atoms with E-state index in [0.29, 0.717) is 37.4 Å². The van der Waals surface area contributed by atoms with Crippen LogP contribution in [-0.4, -0.2) is 108 Å². The lowest BCUT2D eigenvalue weighted by atomic mass is 9.73. The number of carboxylic acid groups (broad SMARTS) is 1. The highest BCUT2D eigenvalue weighted by molar-refractivity contribution is 8.03. The molecule has 3 fully saturated rings. The van der Waals surface area contributed by atoms with Crippen LogP contribution in [0, 0.1) is 17.8 Å². The van der Waals surface area contributed by atoms with Crippen molar-refractivity contribution in [3.05, 3.63) is 16.9 Å². The Kier molecular flexibility index (Phi) is 7.77. The van der Waals surface area contributed by atoms with Gasteiger partial charge < -0.3 is 31.7 Å². The van der Waals surface area contributed by atoms with E-state index in [1.807, 2.05) is 13.8 Å². The Bertz CT molecular complexity index is 1180. The minimum absolute atomic E-state index is 0.0197. The van der Waals surface area contributed by atoms with E-state index in [4.69, 9.17) is 11.5 Å². The SMILES string of the molecule is C[C@@H](CC(=O)Cn1cnnn1)[C@H]1C(=O)N2C(C(=O)O)=C(S[C@@H]3CN[C@H](C(=O)N4C[C@H](N)C[C@@H]4CN)C3)[C@H](C)[C@H]12. The maximum absolute atomic E-state index is 13.2. The van der Waals surface area contributed by atoms with Crippen molar-refractivity contribution in [1.29, 1.82) is 0 Å². The largest absolute Gasteiger partial charge is 0.477 e. The Balaban J connectivity index is 1.23. The molecular formula is C24H35N9O5S. The Hall–Kier alpha value is -2.88. The summed E-state index contributed by atoms with van der Waals surface area (Å²) in [6.45, 7) is 5.20. The molecule has 0 aromatic carbocycles. The summed E-state index contributed by atoms with van der Waals surface area (Å²) in [5, 5.41) is 24.1. The summed E-state index contributed by atoms with van der Waals surface area (Å²) in [6.07, 6.45) is 2.75. The predicted molar refractivity (Wildman–Crippen MR) is 139 cm³/mol. The van der Waals surface area contributed by atoms with Crippen LogP contribution in [0.15, 0.2) is 16.9 Å². The molecule has 5 rings (SSSR count). The van der Waals surface area contributed by atoms with Crippen molar-refractivity contribution in [2.45, 2.75) is 69.1 Å². The highest BCUT2D eigenvalue weighted by Crippen LogP contribution is 2.53. The summed E-state index contributed by atoms with van der Waals surface area (Å²) in [5.74, 6) is -2.44. The van der Waals surface area contributed by atoms with Gasteiger partial charge in [-0.15, -0.1) is 16.9 Å². The number of fused-ring (bicyclic) bond motifs is 1. The van der Waals surface area contributed by atoms with Gasteiger partial charge in [0.25, 0.3) is 0 Å². The van der Waals surface area contributed by atoms with Crippen LogP contribution in [0.4, 0.5) is 0 Å². The number of thioether (sulfide) groups is 1. The first-order valence-corrected chi connectivity index (χ1v) is 14.2. The quantitative estimate of drug-likeness (QED) is 0.238. The third kappa shape index (κ3) is 5.08. The second-order valence-corrected chi connectivity index (χ2v) is 12.4. The van der Waals surface area contributed by atoms with Gasteiger partial charge in [0.2, 0.25) is 11.8 Å². The van der Waals surface area contributed by atoms with Gasteiger partial charge in [-0.3, -0.25) is 14.4 Å². The lowest BCUT2D eigenvalue weighted by molar-refractivity contribution is -0.160. The number of hydrogen-bond acceptors (Lipinski definition) is 11. The van der Waals surface area contributed by atoms with Crippen molar-refractivity contribution in [1.82, 2.24) is 35.3 Å². The molecule has 4 aliphatic heterocycles. The van der Waals surface area contributed by atoms with Gasteiger partial charge in [0.05, 0.1) is 18.0 Å². The molecular weight excluding hydrogens is 526 g/mol. The lowest BCUT2D eigenvalue weighted by Crippen LogP contribution is -2.62.